The molecule has 1 aromatic carbocycles. The lowest BCUT2D eigenvalue weighted by Gasteiger charge is -2.47. The molecular weight excluding hydrogens is 382 g/mol. The van der Waals surface area contributed by atoms with Gasteiger partial charge < -0.3 is 10.8 Å². The number of nitrogens with two attached hydrogens (primary N) is 1. The molecule has 158 valence electrons. The van der Waals surface area contributed by atoms with Gasteiger partial charge >= 0.3 is 5.97 Å². The fraction of sp³-hybridized carbons (Fsp3) is 0.565. The molecule has 0 radical (unpaired) electrons. The lowest BCUT2D eigenvalue weighted by Crippen LogP contribution is -2.53. The smallest absolute Gasteiger partial charge is 0.310 e. The molecule has 29 heavy (non-hydrogen) atoms. The first-order valence-electron chi connectivity index (χ1n) is 10.4. The van der Waals surface area contributed by atoms with Crippen molar-refractivity contribution in [2.75, 3.05) is 13.1 Å². The Balaban J connectivity index is 1.83. The van der Waals surface area contributed by atoms with Crippen LogP contribution in [0.2, 0.25) is 0 Å². The number of carboxylic acids is 1. The van der Waals surface area contributed by atoms with Crippen molar-refractivity contribution >= 4 is 17.3 Å². The monoisotopic (exact) mass is 415 g/mol. The minimum Gasteiger partial charge on any atom is -0.481 e. The summed E-state index contributed by atoms with van der Waals surface area (Å²) in [7, 11) is 0. The number of nitrogens with zero attached hydrogens (tertiary/aromatic N) is 2. The number of thiazole rings is 1. The Bertz CT molecular complexity index is 858. The van der Waals surface area contributed by atoms with Crippen molar-refractivity contribution in [1.82, 2.24) is 9.88 Å². The van der Waals surface area contributed by atoms with E-state index in [4.69, 9.17) is 5.73 Å². The van der Waals surface area contributed by atoms with Crippen LogP contribution in [0, 0.1) is 16.7 Å². The van der Waals surface area contributed by atoms with Crippen LogP contribution < -0.4 is 5.73 Å². The van der Waals surface area contributed by atoms with Crippen molar-refractivity contribution in [3.63, 3.8) is 0 Å². The maximum atomic E-state index is 12.2. The van der Waals surface area contributed by atoms with E-state index in [1.165, 1.54) is 0 Å². The largest absolute Gasteiger partial charge is 0.481 e. The van der Waals surface area contributed by atoms with Crippen LogP contribution in [0.1, 0.15) is 51.0 Å². The first-order chi connectivity index (χ1) is 13.7. The fourth-order valence-electron chi connectivity index (χ4n) is 4.30. The van der Waals surface area contributed by atoms with Gasteiger partial charge in [0.25, 0.3) is 0 Å². The lowest BCUT2D eigenvalue weighted by atomic mass is 9.66. The number of piperidine rings is 1. The summed E-state index contributed by atoms with van der Waals surface area (Å²) < 4.78 is 0. The molecule has 0 saturated carbocycles. The number of hydrogen-bond acceptors (Lipinski definition) is 5. The molecule has 1 fully saturated rings. The summed E-state index contributed by atoms with van der Waals surface area (Å²) in [6.45, 7) is 11.4. The number of aromatic nitrogens is 1. The standard InChI is InChI=1S/C23H33N3O2S/c1-5-23(21(27)28)10-17(22(2,3)4)13-26(15-23)14-18-12-25-20(29-18)19-9-7-6-8-16(19)11-24/h6-9,12,17H,5,10-11,13-15,24H2,1-4H3,(H,27,28)/t17-,23-/m1/s1. The zero-order valence-corrected chi connectivity index (χ0v) is 18.8. The van der Waals surface area contributed by atoms with Crippen molar-refractivity contribution in [2.45, 2.75) is 53.6 Å². The van der Waals surface area contributed by atoms with Gasteiger partial charge in [0.05, 0.1) is 5.41 Å². The number of benzene rings is 1. The van der Waals surface area contributed by atoms with Crippen LogP contribution in [0.15, 0.2) is 30.5 Å². The highest BCUT2D eigenvalue weighted by Gasteiger charge is 2.47. The second-order valence-electron chi connectivity index (χ2n) is 9.37. The molecule has 0 aliphatic carbocycles. The van der Waals surface area contributed by atoms with Crippen molar-refractivity contribution in [2.24, 2.45) is 22.5 Å². The van der Waals surface area contributed by atoms with Gasteiger partial charge in [-0.2, -0.15) is 0 Å². The summed E-state index contributed by atoms with van der Waals surface area (Å²) in [6, 6.07) is 8.11. The molecule has 2 heterocycles. The van der Waals surface area contributed by atoms with Gasteiger partial charge in [-0.15, -0.1) is 11.3 Å². The Hall–Kier alpha value is -1.76. The summed E-state index contributed by atoms with van der Waals surface area (Å²) in [5, 5.41) is 11.0. The van der Waals surface area contributed by atoms with E-state index in [9.17, 15) is 9.90 Å². The molecule has 2 aromatic rings. The number of carboxylic acid groups (broad SMARTS) is 1. The molecule has 3 rings (SSSR count). The Labute approximate surface area is 178 Å². The molecule has 0 amide bonds. The summed E-state index contributed by atoms with van der Waals surface area (Å²) >= 11 is 1.68. The van der Waals surface area contributed by atoms with E-state index in [1.54, 1.807) is 11.3 Å². The number of carbonyl (C=O) groups is 1. The van der Waals surface area contributed by atoms with Gasteiger partial charge in [0.15, 0.2) is 0 Å². The van der Waals surface area contributed by atoms with Crippen molar-refractivity contribution in [1.29, 1.82) is 0 Å². The van der Waals surface area contributed by atoms with Gasteiger partial charge in [-0.05, 0) is 29.7 Å². The van der Waals surface area contributed by atoms with Crippen LogP contribution in [0.3, 0.4) is 0 Å². The average molecular weight is 416 g/mol. The predicted molar refractivity (Wildman–Crippen MR) is 119 cm³/mol. The normalized spacial score (nSPS) is 23.3. The third kappa shape index (κ3) is 4.71. The van der Waals surface area contributed by atoms with Gasteiger partial charge in [0, 0.05) is 42.8 Å². The Morgan fingerprint density at radius 1 is 1.38 bits per heavy atom. The third-order valence-electron chi connectivity index (χ3n) is 6.40. The van der Waals surface area contributed by atoms with Crippen LogP contribution >= 0.6 is 11.3 Å². The van der Waals surface area contributed by atoms with Crippen molar-refractivity contribution in [3.05, 3.63) is 40.9 Å². The zero-order chi connectivity index (χ0) is 21.2. The van der Waals surface area contributed by atoms with Crippen molar-refractivity contribution < 1.29 is 9.90 Å². The molecule has 3 N–H and O–H groups in total. The van der Waals surface area contributed by atoms with E-state index in [0.29, 0.717) is 25.4 Å². The Morgan fingerprint density at radius 3 is 2.72 bits per heavy atom. The van der Waals surface area contributed by atoms with Crippen LogP contribution in [0.5, 0.6) is 0 Å². The number of rotatable bonds is 6. The van der Waals surface area contributed by atoms with Gasteiger partial charge in [-0.3, -0.25) is 9.69 Å². The molecule has 0 bridgehead atoms. The van der Waals surface area contributed by atoms with E-state index in [0.717, 1.165) is 40.5 Å². The second-order valence-corrected chi connectivity index (χ2v) is 10.5. The predicted octanol–water partition coefficient (Wildman–Crippen LogP) is 4.62. The molecule has 1 saturated heterocycles. The minimum atomic E-state index is -0.671. The first-order valence-corrected chi connectivity index (χ1v) is 11.2. The van der Waals surface area contributed by atoms with E-state index >= 15 is 0 Å². The van der Waals surface area contributed by atoms with Gasteiger partial charge in [-0.1, -0.05) is 52.0 Å². The SMILES string of the molecule is CC[C@@]1(C(=O)O)C[C@@H](C(C)(C)C)CN(Cc2cnc(-c3ccccc3CN)s2)C1. The maximum Gasteiger partial charge on any atom is 0.310 e. The zero-order valence-electron chi connectivity index (χ0n) is 17.9. The molecule has 0 unspecified atom stereocenters. The highest BCUT2D eigenvalue weighted by Crippen LogP contribution is 2.44. The van der Waals surface area contributed by atoms with Gasteiger partial charge in [-0.25, -0.2) is 4.98 Å². The highest BCUT2D eigenvalue weighted by atomic mass is 32.1. The first kappa shape index (κ1) is 21.9. The van der Waals surface area contributed by atoms with Gasteiger partial charge in [0.1, 0.15) is 5.01 Å². The summed E-state index contributed by atoms with van der Waals surface area (Å²) in [5.74, 6) is -0.321. The molecule has 1 aliphatic rings. The Morgan fingerprint density at radius 2 is 2.10 bits per heavy atom. The van der Waals surface area contributed by atoms with E-state index in [2.05, 4.69) is 36.7 Å². The van der Waals surface area contributed by atoms with Crippen LogP contribution in [-0.2, 0) is 17.9 Å². The minimum absolute atomic E-state index is 0.0769. The van der Waals surface area contributed by atoms with Crippen molar-refractivity contribution in [3.8, 4) is 10.6 Å². The fourth-order valence-corrected chi connectivity index (χ4v) is 5.32. The maximum absolute atomic E-state index is 12.2. The average Bonchev–Trinajstić information content (AvgIpc) is 3.15. The third-order valence-corrected chi connectivity index (χ3v) is 7.41. The van der Waals surface area contributed by atoms with E-state index in [1.807, 2.05) is 31.3 Å². The van der Waals surface area contributed by atoms with E-state index < -0.39 is 11.4 Å². The number of hydrogen-bond donors (Lipinski definition) is 2. The number of aliphatic carboxylic acids is 1. The van der Waals surface area contributed by atoms with Crippen LogP contribution in [0.4, 0.5) is 0 Å². The molecule has 0 spiro atoms. The molecule has 5 nitrogen and oxygen atoms in total. The van der Waals surface area contributed by atoms with Gasteiger partial charge in [0.2, 0.25) is 0 Å². The summed E-state index contributed by atoms with van der Waals surface area (Å²) in [4.78, 5) is 20.3. The second kappa shape index (κ2) is 8.54. The Kier molecular flexibility index (Phi) is 6.46. The summed E-state index contributed by atoms with van der Waals surface area (Å²) in [6.07, 6.45) is 3.34. The quantitative estimate of drug-likeness (QED) is 0.720. The highest BCUT2D eigenvalue weighted by molar-refractivity contribution is 7.15. The lowest BCUT2D eigenvalue weighted by molar-refractivity contribution is -0.156. The molecular formula is C23H33N3O2S. The number of likely N-dealkylation sites (tertiary alicyclic amines) is 1. The molecule has 1 aliphatic heterocycles. The molecule has 2 atom stereocenters. The molecule has 6 heteroatoms. The topological polar surface area (TPSA) is 79.5 Å². The van der Waals surface area contributed by atoms with Crippen LogP contribution in [-0.4, -0.2) is 34.0 Å². The summed E-state index contributed by atoms with van der Waals surface area (Å²) in [5.41, 5.74) is 7.47. The van der Waals surface area contributed by atoms with Crippen LogP contribution in [0.25, 0.3) is 10.6 Å². The van der Waals surface area contributed by atoms with E-state index in [-0.39, 0.29) is 5.41 Å². The molecule has 1 aromatic heterocycles.